The van der Waals surface area contributed by atoms with Crippen LogP contribution in [0.4, 0.5) is 0 Å². The van der Waals surface area contributed by atoms with E-state index in [9.17, 15) is 4.79 Å². The number of halogens is 1. The number of nitrogen functional groups attached to an aromatic ring is 1. The first-order valence-corrected chi connectivity index (χ1v) is 10.1. The smallest absolute Gasteiger partial charge is 0.236 e. The van der Waals surface area contributed by atoms with Crippen LogP contribution < -0.4 is 5.84 Å². The number of piperidine rings is 1. The number of carbonyl (C=O) groups excluding carboxylic acids is 1. The molecule has 0 unspecified atom stereocenters. The number of nitrogens with zero attached hydrogens (tertiary/aromatic N) is 4. The van der Waals surface area contributed by atoms with Gasteiger partial charge >= 0.3 is 0 Å². The minimum Gasteiger partial charge on any atom is -0.336 e. The average molecular weight is 394 g/mol. The van der Waals surface area contributed by atoms with Crippen molar-refractivity contribution < 1.29 is 4.79 Å². The van der Waals surface area contributed by atoms with Crippen molar-refractivity contribution in [3.05, 3.63) is 29.3 Å². The number of amides is 1. The Morgan fingerprint density at radius 1 is 1.27 bits per heavy atom. The molecule has 1 aromatic heterocycles. The zero-order valence-electron chi connectivity index (χ0n) is 15.2. The van der Waals surface area contributed by atoms with Gasteiger partial charge in [0.2, 0.25) is 11.1 Å². The molecule has 1 fully saturated rings. The van der Waals surface area contributed by atoms with E-state index in [-0.39, 0.29) is 23.2 Å². The highest BCUT2D eigenvalue weighted by Gasteiger charge is 2.32. The van der Waals surface area contributed by atoms with Gasteiger partial charge in [0.05, 0.1) is 10.3 Å². The van der Waals surface area contributed by atoms with Gasteiger partial charge in [0.25, 0.3) is 0 Å². The Hall–Kier alpha value is -1.73. The van der Waals surface area contributed by atoms with Crippen LogP contribution in [0.15, 0.2) is 29.4 Å². The quantitative estimate of drug-likeness (QED) is 0.634. The van der Waals surface area contributed by atoms with Gasteiger partial charge in [-0.2, -0.15) is 0 Å². The molecular formula is C18H24ClN5OS. The molecule has 2 heterocycles. The van der Waals surface area contributed by atoms with Crippen LogP contribution in [-0.4, -0.2) is 43.0 Å². The Bertz CT molecular complexity index is 786. The monoisotopic (exact) mass is 393 g/mol. The van der Waals surface area contributed by atoms with E-state index in [0.717, 1.165) is 12.8 Å². The van der Waals surface area contributed by atoms with Crippen LogP contribution in [0, 0.1) is 0 Å². The van der Waals surface area contributed by atoms with Crippen molar-refractivity contribution in [3.8, 4) is 11.4 Å². The molecule has 2 aromatic rings. The summed E-state index contributed by atoms with van der Waals surface area (Å²) in [5.74, 6) is 6.78. The van der Waals surface area contributed by atoms with Crippen molar-refractivity contribution in [2.45, 2.75) is 62.5 Å². The van der Waals surface area contributed by atoms with E-state index >= 15 is 0 Å². The predicted octanol–water partition coefficient (Wildman–Crippen LogP) is 3.58. The van der Waals surface area contributed by atoms with Crippen LogP contribution in [0.3, 0.4) is 0 Å². The van der Waals surface area contributed by atoms with Gasteiger partial charge in [0.1, 0.15) is 0 Å². The summed E-state index contributed by atoms with van der Waals surface area (Å²) < 4.78 is 1.40. The minimum absolute atomic E-state index is 0.122. The Balaban J connectivity index is 1.77. The third kappa shape index (κ3) is 3.69. The van der Waals surface area contributed by atoms with E-state index in [4.69, 9.17) is 17.4 Å². The van der Waals surface area contributed by atoms with Crippen LogP contribution >= 0.6 is 23.4 Å². The van der Waals surface area contributed by atoms with Gasteiger partial charge in [-0.05, 0) is 52.2 Å². The number of rotatable bonds is 4. The molecule has 0 radical (unpaired) electrons. The molecule has 6 nitrogen and oxygen atoms in total. The number of hydrogen-bond donors (Lipinski definition) is 1. The first-order valence-electron chi connectivity index (χ1n) is 8.84. The lowest BCUT2D eigenvalue weighted by Crippen LogP contribution is -2.50. The fourth-order valence-electron chi connectivity index (χ4n) is 3.46. The molecule has 3 rings (SSSR count). The van der Waals surface area contributed by atoms with E-state index in [0.29, 0.717) is 21.6 Å². The molecule has 1 saturated heterocycles. The maximum absolute atomic E-state index is 13.0. The summed E-state index contributed by atoms with van der Waals surface area (Å²) in [6.07, 6.45) is 3.28. The normalized spacial score (nSPS) is 21.6. The maximum Gasteiger partial charge on any atom is 0.236 e. The molecule has 1 aromatic carbocycles. The fraction of sp³-hybridized carbons (Fsp3) is 0.500. The van der Waals surface area contributed by atoms with Crippen LogP contribution in [0.1, 0.15) is 40.0 Å². The van der Waals surface area contributed by atoms with Gasteiger partial charge in [-0.1, -0.05) is 35.5 Å². The average Bonchev–Trinajstić information content (AvgIpc) is 2.95. The highest BCUT2D eigenvalue weighted by molar-refractivity contribution is 8.00. The van der Waals surface area contributed by atoms with Gasteiger partial charge in [-0.15, -0.1) is 10.2 Å². The van der Waals surface area contributed by atoms with Crippen molar-refractivity contribution in [2.24, 2.45) is 0 Å². The summed E-state index contributed by atoms with van der Waals surface area (Å²) in [5, 5.41) is 9.09. The molecule has 3 atom stereocenters. The summed E-state index contributed by atoms with van der Waals surface area (Å²) in [4.78, 5) is 15.0. The highest BCUT2D eigenvalue weighted by Crippen LogP contribution is 2.31. The van der Waals surface area contributed by atoms with Gasteiger partial charge in [0.15, 0.2) is 5.82 Å². The van der Waals surface area contributed by atoms with Crippen molar-refractivity contribution in [3.63, 3.8) is 0 Å². The fourth-order valence-corrected chi connectivity index (χ4v) is 4.50. The zero-order valence-corrected chi connectivity index (χ0v) is 16.8. The summed E-state index contributed by atoms with van der Waals surface area (Å²) >= 11 is 7.55. The molecule has 1 aliphatic rings. The summed E-state index contributed by atoms with van der Waals surface area (Å²) in [7, 11) is 0. The van der Waals surface area contributed by atoms with E-state index in [1.54, 1.807) is 6.07 Å². The van der Waals surface area contributed by atoms with E-state index < -0.39 is 0 Å². The van der Waals surface area contributed by atoms with Crippen LogP contribution in [-0.2, 0) is 4.79 Å². The van der Waals surface area contributed by atoms with Crippen molar-refractivity contribution in [1.82, 2.24) is 19.8 Å². The molecule has 26 heavy (non-hydrogen) atoms. The first-order chi connectivity index (χ1) is 12.4. The lowest BCUT2D eigenvalue weighted by molar-refractivity contribution is -0.136. The number of thioether (sulfide) groups is 1. The van der Waals surface area contributed by atoms with Gasteiger partial charge < -0.3 is 10.7 Å². The molecule has 8 heteroatoms. The van der Waals surface area contributed by atoms with Crippen LogP contribution in [0.5, 0.6) is 0 Å². The summed E-state index contributed by atoms with van der Waals surface area (Å²) in [6.45, 7) is 6.13. The minimum atomic E-state index is -0.288. The standard InChI is InChI=1S/C18H24ClN5OS/c1-11-7-6-8-12(2)23(11)17(25)13(3)26-18-22-21-16(24(18)20)14-9-4-5-10-15(14)19/h4-5,9-13H,6-8,20H2,1-3H3/t11-,12-,13-/m1/s1. The Kier molecular flexibility index (Phi) is 5.77. The molecule has 140 valence electrons. The topological polar surface area (TPSA) is 77.0 Å². The van der Waals surface area contributed by atoms with E-state index in [2.05, 4.69) is 24.0 Å². The largest absolute Gasteiger partial charge is 0.336 e. The van der Waals surface area contributed by atoms with E-state index in [1.165, 1.54) is 22.9 Å². The molecule has 0 bridgehead atoms. The highest BCUT2D eigenvalue weighted by atomic mass is 35.5. The second-order valence-electron chi connectivity index (χ2n) is 6.79. The number of carbonyl (C=O) groups is 1. The molecule has 1 aliphatic heterocycles. The number of aromatic nitrogens is 3. The Morgan fingerprint density at radius 2 is 1.92 bits per heavy atom. The molecular weight excluding hydrogens is 370 g/mol. The SMILES string of the molecule is C[C@@H]1CCC[C@@H](C)N1C(=O)[C@@H](C)Sc1nnc(-c2ccccc2Cl)n1N. The zero-order chi connectivity index (χ0) is 18.8. The Morgan fingerprint density at radius 3 is 2.58 bits per heavy atom. The lowest BCUT2D eigenvalue weighted by atomic mass is 9.97. The first kappa shape index (κ1) is 19.0. The number of nitrogens with two attached hydrogens (primary N) is 1. The molecule has 2 N–H and O–H groups in total. The molecule has 0 spiro atoms. The molecule has 1 amide bonds. The van der Waals surface area contributed by atoms with Crippen LogP contribution in [0.2, 0.25) is 5.02 Å². The van der Waals surface area contributed by atoms with Crippen molar-refractivity contribution >= 4 is 29.3 Å². The number of likely N-dealkylation sites (tertiary alicyclic amines) is 1. The maximum atomic E-state index is 13.0. The van der Waals surface area contributed by atoms with Crippen LogP contribution in [0.25, 0.3) is 11.4 Å². The third-order valence-electron chi connectivity index (χ3n) is 4.86. The lowest BCUT2D eigenvalue weighted by Gasteiger charge is -2.40. The second kappa shape index (κ2) is 7.88. The van der Waals surface area contributed by atoms with Crippen molar-refractivity contribution in [2.75, 3.05) is 5.84 Å². The van der Waals surface area contributed by atoms with Gasteiger partial charge in [-0.3, -0.25) is 4.79 Å². The third-order valence-corrected chi connectivity index (χ3v) is 6.23. The van der Waals surface area contributed by atoms with Crippen molar-refractivity contribution in [1.29, 1.82) is 0 Å². The number of benzene rings is 1. The molecule has 0 saturated carbocycles. The summed E-state index contributed by atoms with van der Waals surface area (Å²) in [6, 6.07) is 7.88. The van der Waals surface area contributed by atoms with E-state index in [1.807, 2.05) is 30.0 Å². The van der Waals surface area contributed by atoms with Gasteiger partial charge in [0, 0.05) is 17.6 Å². The van der Waals surface area contributed by atoms with Gasteiger partial charge in [-0.25, -0.2) is 4.68 Å². The molecule has 0 aliphatic carbocycles. The second-order valence-corrected chi connectivity index (χ2v) is 8.51. The number of hydrogen-bond acceptors (Lipinski definition) is 5. The summed E-state index contributed by atoms with van der Waals surface area (Å²) in [5.41, 5.74) is 0.716. The predicted molar refractivity (Wildman–Crippen MR) is 106 cm³/mol. The Labute approximate surface area is 163 Å².